The van der Waals surface area contributed by atoms with Gasteiger partial charge in [0.1, 0.15) is 11.6 Å². The van der Waals surface area contributed by atoms with E-state index >= 15 is 0 Å². The number of benzene rings is 6. The number of phenols is 1. The van der Waals surface area contributed by atoms with Gasteiger partial charge in [0, 0.05) is 42.6 Å². The summed E-state index contributed by atoms with van der Waals surface area (Å²) >= 11 is 0. The van der Waals surface area contributed by atoms with E-state index < -0.39 is 65.8 Å². The Morgan fingerprint density at radius 3 is 1.93 bits per heavy atom. The van der Waals surface area contributed by atoms with Crippen LogP contribution in [0.2, 0.25) is 0 Å². The summed E-state index contributed by atoms with van der Waals surface area (Å²) in [5.74, 6) is 0.540. The Kier molecular flexibility index (Phi) is 8.42. The van der Waals surface area contributed by atoms with E-state index in [0.29, 0.717) is 28.0 Å². The molecule has 0 aliphatic carbocycles. The van der Waals surface area contributed by atoms with Crippen molar-refractivity contribution in [2.75, 3.05) is 0 Å². The minimum absolute atomic E-state index is 0. The molecule has 2 aromatic heterocycles. The van der Waals surface area contributed by atoms with Gasteiger partial charge in [-0.3, -0.25) is 9.55 Å². The minimum Gasteiger partial charge on any atom is -0.507 e. The summed E-state index contributed by atoms with van der Waals surface area (Å²) in [5.41, 5.74) is 6.85. The molecule has 0 aliphatic rings. The van der Waals surface area contributed by atoms with Crippen LogP contribution in [0.5, 0.6) is 5.75 Å². The van der Waals surface area contributed by atoms with Crippen molar-refractivity contribution in [3.63, 3.8) is 0 Å². The van der Waals surface area contributed by atoms with Crippen LogP contribution in [0.3, 0.4) is 0 Å². The van der Waals surface area contributed by atoms with Crippen LogP contribution in [-0.4, -0.2) is 19.6 Å². The van der Waals surface area contributed by atoms with Gasteiger partial charge in [-0.2, -0.15) is 0 Å². The first-order chi connectivity index (χ1) is 32.1. The molecule has 0 unspecified atom stereocenters. The number of aromatic hydroxyl groups is 1. The number of imidazole rings is 1. The van der Waals surface area contributed by atoms with Crippen molar-refractivity contribution in [2.24, 2.45) is 0 Å². The van der Waals surface area contributed by atoms with Crippen molar-refractivity contribution in [2.45, 2.75) is 85.4 Å². The summed E-state index contributed by atoms with van der Waals surface area (Å²) in [7, 11) is 0. The van der Waals surface area contributed by atoms with E-state index in [4.69, 9.17) is 17.3 Å². The van der Waals surface area contributed by atoms with Gasteiger partial charge in [-0.15, -0.1) is 29.3 Å². The van der Waals surface area contributed by atoms with Gasteiger partial charge in [0.2, 0.25) is 0 Å². The van der Waals surface area contributed by atoms with Crippen LogP contribution >= 0.6 is 0 Å². The normalized spacial score (nSPS) is 14.7. The maximum Gasteiger partial charge on any atom is 0.148 e. The molecule has 0 radical (unpaired) electrons. The van der Waals surface area contributed by atoms with Crippen molar-refractivity contribution in [1.82, 2.24) is 14.5 Å². The third-order valence-electron chi connectivity index (χ3n) is 10.7. The smallest absolute Gasteiger partial charge is 0.148 e. The number of rotatable bonds is 6. The standard InChI is InChI=1S/C55H54N3O.Pt/c1-35-18-20-36(21-19-35)38-28-29-56-47(33-38)40-30-39(31-43(32-40)55(8,9)10)44-15-13-16-49-51(44)57-52(45-14-11-12-17-50(45)59)58(49)48-27-26-42(54(5,6)7)34-46(48)37-22-24-41(25-23-37)53(2,3)4;/h11-29,31-34,59H,1-10H3;/q-1;/i1D3,18D,19D,20D,21D,28D,29D,33D;. The molecule has 8 rings (SSSR count). The molecule has 4 nitrogen and oxygen atoms in total. The molecule has 60 heavy (non-hydrogen) atoms. The van der Waals surface area contributed by atoms with Crippen LogP contribution in [-0.2, 0) is 37.3 Å². The zero-order valence-corrected chi connectivity index (χ0v) is 37.6. The molecule has 306 valence electrons. The molecule has 0 bridgehead atoms. The summed E-state index contributed by atoms with van der Waals surface area (Å²) < 4.78 is 87.8. The van der Waals surface area contributed by atoms with Gasteiger partial charge in [0.05, 0.1) is 31.9 Å². The van der Waals surface area contributed by atoms with Gasteiger partial charge in [-0.1, -0.05) is 164 Å². The summed E-state index contributed by atoms with van der Waals surface area (Å²) in [6.07, 6.45) is -0.585. The predicted octanol–water partition coefficient (Wildman–Crippen LogP) is 14.5. The Morgan fingerprint density at radius 1 is 0.617 bits per heavy atom. The second-order valence-electron chi connectivity index (χ2n) is 18.2. The van der Waals surface area contributed by atoms with E-state index in [0.717, 1.165) is 33.5 Å². The van der Waals surface area contributed by atoms with E-state index in [2.05, 4.69) is 99.6 Å². The van der Waals surface area contributed by atoms with Crippen molar-refractivity contribution in [3.05, 3.63) is 168 Å². The topological polar surface area (TPSA) is 50.9 Å². The molecule has 5 heteroatoms. The average molecular weight is 978 g/mol. The molecule has 0 aliphatic heterocycles. The fourth-order valence-electron chi connectivity index (χ4n) is 7.27. The zero-order chi connectivity index (χ0) is 50.4. The van der Waals surface area contributed by atoms with Crippen molar-refractivity contribution in [3.8, 4) is 67.5 Å². The summed E-state index contributed by atoms with van der Waals surface area (Å²) in [5, 5.41) is 11.5. The van der Waals surface area contributed by atoms with Crippen LogP contribution in [0.25, 0.3) is 72.7 Å². The number of para-hydroxylation sites is 2. The molecule has 6 aromatic carbocycles. The molecule has 1 N–H and O–H groups in total. The molecule has 0 fully saturated rings. The van der Waals surface area contributed by atoms with Crippen LogP contribution in [0.4, 0.5) is 0 Å². The zero-order valence-electron chi connectivity index (χ0n) is 45.3. The summed E-state index contributed by atoms with van der Waals surface area (Å²) in [4.78, 5) is 9.76. The fraction of sp³-hybridized carbons (Fsp3) is 0.236. The van der Waals surface area contributed by atoms with Crippen LogP contribution in [0.15, 0.2) is 139 Å². The van der Waals surface area contributed by atoms with Crippen LogP contribution < -0.4 is 0 Å². The van der Waals surface area contributed by atoms with Crippen molar-refractivity contribution < 1.29 is 39.9 Å². The van der Waals surface area contributed by atoms with Gasteiger partial charge >= 0.3 is 0 Å². The third kappa shape index (κ3) is 8.41. The largest absolute Gasteiger partial charge is 0.507 e. The molecule has 0 saturated carbocycles. The Bertz CT molecular complexity index is 3330. The number of fused-ring (bicyclic) bond motifs is 1. The molecular formula is C55H54N3OPt-. The first kappa shape index (κ1) is 31.3. The predicted molar refractivity (Wildman–Crippen MR) is 247 cm³/mol. The van der Waals surface area contributed by atoms with Gasteiger partial charge in [-0.05, 0) is 87.3 Å². The third-order valence-corrected chi connectivity index (χ3v) is 10.7. The monoisotopic (exact) mass is 977 g/mol. The minimum atomic E-state index is -2.97. The Balaban J connectivity index is 0.00000722. The Labute approximate surface area is 384 Å². The number of hydrogen-bond acceptors (Lipinski definition) is 3. The Morgan fingerprint density at radius 2 is 1.27 bits per heavy atom. The van der Waals surface area contributed by atoms with E-state index in [9.17, 15) is 6.48 Å². The molecule has 8 aromatic rings. The molecule has 0 atom stereocenters. The maximum atomic E-state index is 11.5. The second-order valence-corrected chi connectivity index (χ2v) is 18.2. The summed E-state index contributed by atoms with van der Waals surface area (Å²) in [6, 6.07) is 31.1. The van der Waals surface area contributed by atoms with Crippen molar-refractivity contribution in [1.29, 1.82) is 0 Å². The number of nitrogens with zero attached hydrogens (tertiary/aromatic N) is 3. The van der Waals surface area contributed by atoms with E-state index in [1.807, 2.05) is 57.2 Å². The van der Waals surface area contributed by atoms with Gasteiger partial charge in [0.15, 0.2) is 0 Å². The fourth-order valence-corrected chi connectivity index (χ4v) is 7.27. The first-order valence-electron chi connectivity index (χ1n) is 24.8. The van der Waals surface area contributed by atoms with E-state index in [1.165, 1.54) is 5.56 Å². The van der Waals surface area contributed by atoms with Gasteiger partial charge in [-0.25, -0.2) is 4.98 Å². The van der Waals surface area contributed by atoms with Crippen LogP contribution in [0.1, 0.15) is 98.3 Å². The molecule has 0 saturated heterocycles. The van der Waals surface area contributed by atoms with E-state index in [-0.39, 0.29) is 54.5 Å². The van der Waals surface area contributed by atoms with E-state index in [1.54, 1.807) is 18.2 Å². The number of phenolic OH excluding ortho intramolecular Hbond substituents is 1. The number of aromatic nitrogens is 3. The first-order valence-corrected chi connectivity index (χ1v) is 19.8. The van der Waals surface area contributed by atoms with Gasteiger partial charge < -0.3 is 5.11 Å². The van der Waals surface area contributed by atoms with Gasteiger partial charge in [0.25, 0.3) is 0 Å². The Hall–Kier alpha value is -5.57. The second kappa shape index (κ2) is 16.1. The molecule has 0 amide bonds. The molecular weight excluding hydrogens is 914 g/mol. The number of pyridine rings is 1. The molecule has 2 heterocycles. The number of hydrogen-bond donors (Lipinski definition) is 1. The average Bonchev–Trinajstić information content (AvgIpc) is 3.66. The quantitative estimate of drug-likeness (QED) is 0.169. The molecule has 0 spiro atoms. The van der Waals surface area contributed by atoms with Crippen molar-refractivity contribution >= 4 is 11.0 Å². The van der Waals surface area contributed by atoms with Crippen LogP contribution in [0, 0.1) is 12.9 Å². The SMILES string of the molecule is [2H]c1nc(-c2[c-]c(-c3cccc4c3nc(-c3ccccc3O)n4-c3ccc(C(C)(C)C)cc3-c3ccc(C(C)(C)C)cc3)cc(C(C)(C)C)c2)c([2H])c(-c2c([2H])c([2H])c(C([2H])([2H])[2H])c([2H])c2[2H])c1[2H].[Pt]. The maximum absolute atomic E-state index is 11.5. The summed E-state index contributed by atoms with van der Waals surface area (Å²) in [6.45, 7) is 16.2.